The smallest absolute Gasteiger partial charge is 0.151 e. The summed E-state index contributed by atoms with van der Waals surface area (Å²) in [5.41, 5.74) is 1.58. The Morgan fingerprint density at radius 1 is 1.18 bits per heavy atom. The first-order chi connectivity index (χ1) is 8.20. The highest BCUT2D eigenvalue weighted by atomic mass is 35.5. The van der Waals surface area contributed by atoms with Gasteiger partial charge in [-0.1, -0.05) is 11.6 Å². The number of aryl methyl sites for hydroxylation is 1. The van der Waals surface area contributed by atoms with Crippen molar-refractivity contribution in [3.63, 3.8) is 0 Å². The summed E-state index contributed by atoms with van der Waals surface area (Å²) < 4.78 is 6.98. The Hall–Kier alpha value is -1.74. The maximum atomic E-state index is 6.10. The van der Waals surface area contributed by atoms with Crippen molar-refractivity contribution in [3.05, 3.63) is 53.1 Å². The summed E-state index contributed by atoms with van der Waals surface area (Å²) in [6, 6.07) is 11.2. The molecule has 0 unspecified atom stereocenters. The summed E-state index contributed by atoms with van der Waals surface area (Å²) in [5, 5.41) is 0.630. The second-order valence-electron chi connectivity index (χ2n) is 3.60. The second-order valence-corrected chi connectivity index (χ2v) is 4.01. The van der Waals surface area contributed by atoms with Crippen molar-refractivity contribution in [2.24, 2.45) is 12.0 Å². The molecule has 1 heterocycles. The topological polar surface area (TPSA) is 26.5 Å². The van der Waals surface area contributed by atoms with Gasteiger partial charge in [0.25, 0.3) is 0 Å². The molecule has 0 spiro atoms. The number of halogens is 1. The first-order valence-electron chi connectivity index (χ1n) is 5.20. The van der Waals surface area contributed by atoms with Crippen LogP contribution in [-0.4, -0.2) is 11.7 Å². The van der Waals surface area contributed by atoms with Crippen molar-refractivity contribution in [1.82, 2.24) is 4.57 Å². The van der Waals surface area contributed by atoms with E-state index in [1.165, 1.54) is 0 Å². The lowest BCUT2D eigenvalue weighted by Gasteiger charge is -2.02. The van der Waals surface area contributed by atoms with Crippen LogP contribution in [0, 0.1) is 0 Å². The Morgan fingerprint density at radius 2 is 1.88 bits per heavy atom. The molecule has 1 aromatic heterocycles. The number of aromatic nitrogens is 1. The van der Waals surface area contributed by atoms with Crippen LogP contribution in [0.5, 0.6) is 5.75 Å². The van der Waals surface area contributed by atoms with Crippen molar-refractivity contribution in [1.29, 1.82) is 0 Å². The molecule has 0 aliphatic carbocycles. The molecule has 0 fully saturated rings. The number of ether oxygens (including phenoxy) is 1. The van der Waals surface area contributed by atoms with Gasteiger partial charge in [-0.25, -0.2) is 4.99 Å². The van der Waals surface area contributed by atoms with Crippen molar-refractivity contribution in [2.45, 2.75) is 0 Å². The maximum Gasteiger partial charge on any atom is 0.151 e. The van der Waals surface area contributed by atoms with E-state index in [0.29, 0.717) is 5.02 Å². The van der Waals surface area contributed by atoms with Crippen LogP contribution in [0.1, 0.15) is 0 Å². The van der Waals surface area contributed by atoms with Gasteiger partial charge in [-0.2, -0.15) is 0 Å². The number of methoxy groups -OCH3 is 1. The third-order valence-electron chi connectivity index (χ3n) is 2.41. The molecule has 0 bridgehead atoms. The molecule has 0 saturated heterocycles. The number of nitrogens with zero attached hydrogens (tertiary/aromatic N) is 2. The van der Waals surface area contributed by atoms with Crippen LogP contribution in [0.15, 0.2) is 47.6 Å². The molecule has 0 atom stereocenters. The number of hydrogen-bond acceptors (Lipinski definition) is 2. The third-order valence-corrected chi connectivity index (χ3v) is 2.70. The molecule has 17 heavy (non-hydrogen) atoms. The summed E-state index contributed by atoms with van der Waals surface area (Å²) in [7, 11) is 3.55. The zero-order valence-electron chi connectivity index (χ0n) is 9.72. The molecule has 0 aliphatic rings. The van der Waals surface area contributed by atoms with E-state index in [0.717, 1.165) is 16.9 Å². The predicted octanol–water partition coefficient (Wildman–Crippen LogP) is 2.92. The SMILES string of the molecule is COc1ccc(N=c2c(Cl)cccn2C)cc1. The molecule has 4 heteroatoms. The van der Waals surface area contributed by atoms with E-state index in [1.54, 1.807) is 7.11 Å². The average Bonchev–Trinajstić information content (AvgIpc) is 2.35. The molecule has 1 aromatic carbocycles. The molecule has 0 radical (unpaired) electrons. The summed E-state index contributed by atoms with van der Waals surface area (Å²) >= 11 is 6.10. The van der Waals surface area contributed by atoms with Gasteiger partial charge in [0.2, 0.25) is 0 Å². The predicted molar refractivity (Wildman–Crippen MR) is 68.6 cm³/mol. The minimum atomic E-state index is 0.630. The van der Waals surface area contributed by atoms with E-state index in [2.05, 4.69) is 4.99 Å². The van der Waals surface area contributed by atoms with Crippen LogP contribution in [-0.2, 0) is 7.05 Å². The normalized spacial score (nSPS) is 11.6. The third kappa shape index (κ3) is 2.68. The van der Waals surface area contributed by atoms with Gasteiger partial charge >= 0.3 is 0 Å². The summed E-state index contributed by atoms with van der Waals surface area (Å²) in [6.45, 7) is 0. The molecular weight excluding hydrogens is 236 g/mol. The molecular formula is C13H13ClN2O. The van der Waals surface area contributed by atoms with Crippen molar-refractivity contribution in [2.75, 3.05) is 7.11 Å². The van der Waals surface area contributed by atoms with E-state index in [-0.39, 0.29) is 0 Å². The van der Waals surface area contributed by atoms with Gasteiger partial charge in [-0.15, -0.1) is 0 Å². The van der Waals surface area contributed by atoms with Gasteiger partial charge in [-0.05, 0) is 36.4 Å². The molecule has 0 amide bonds. The van der Waals surface area contributed by atoms with E-state index in [4.69, 9.17) is 16.3 Å². The van der Waals surface area contributed by atoms with Gasteiger partial charge < -0.3 is 9.30 Å². The maximum absolute atomic E-state index is 6.10. The fourth-order valence-corrected chi connectivity index (χ4v) is 1.73. The molecule has 0 N–H and O–H groups in total. The second kappa shape index (κ2) is 5.06. The standard InChI is InChI=1S/C13H13ClN2O/c1-16-9-3-4-12(14)13(16)15-10-5-7-11(17-2)8-6-10/h3-9H,1-2H3. The van der Waals surface area contributed by atoms with Gasteiger partial charge in [0, 0.05) is 13.2 Å². The monoisotopic (exact) mass is 248 g/mol. The molecule has 0 aliphatic heterocycles. The molecule has 2 aromatic rings. The van der Waals surface area contributed by atoms with Crippen molar-refractivity contribution < 1.29 is 4.74 Å². The summed E-state index contributed by atoms with van der Waals surface area (Å²) in [5.74, 6) is 0.812. The Balaban J connectivity index is 2.47. The Bertz CT molecular complexity index is 549. The Labute approximate surface area is 105 Å². The Kier molecular flexibility index (Phi) is 3.49. The first kappa shape index (κ1) is 11.7. The molecule has 0 saturated carbocycles. The molecule has 88 valence electrons. The number of pyridine rings is 1. The van der Waals surface area contributed by atoms with Crippen LogP contribution in [0.4, 0.5) is 5.69 Å². The van der Waals surface area contributed by atoms with Crippen LogP contribution in [0.3, 0.4) is 0 Å². The van der Waals surface area contributed by atoms with Crippen LogP contribution in [0.2, 0.25) is 5.02 Å². The van der Waals surface area contributed by atoms with Crippen molar-refractivity contribution >= 4 is 17.3 Å². The zero-order valence-corrected chi connectivity index (χ0v) is 10.5. The van der Waals surface area contributed by atoms with Gasteiger partial charge in [-0.3, -0.25) is 0 Å². The van der Waals surface area contributed by atoms with E-state index >= 15 is 0 Å². The first-order valence-corrected chi connectivity index (χ1v) is 5.58. The van der Waals surface area contributed by atoms with E-state index in [1.807, 2.05) is 54.2 Å². The lowest BCUT2D eigenvalue weighted by Crippen LogP contribution is -2.17. The lowest BCUT2D eigenvalue weighted by molar-refractivity contribution is 0.415. The number of hydrogen-bond donors (Lipinski definition) is 0. The minimum Gasteiger partial charge on any atom is -0.497 e. The lowest BCUT2D eigenvalue weighted by atomic mass is 10.3. The average molecular weight is 249 g/mol. The highest BCUT2D eigenvalue weighted by Crippen LogP contribution is 2.17. The van der Waals surface area contributed by atoms with Crippen LogP contribution >= 0.6 is 11.6 Å². The minimum absolute atomic E-state index is 0.630. The van der Waals surface area contributed by atoms with Crippen LogP contribution < -0.4 is 10.2 Å². The van der Waals surface area contributed by atoms with Gasteiger partial charge in [0.05, 0.1) is 17.8 Å². The zero-order chi connectivity index (χ0) is 12.3. The number of benzene rings is 1. The summed E-state index contributed by atoms with van der Waals surface area (Å²) in [4.78, 5) is 4.49. The highest BCUT2D eigenvalue weighted by Gasteiger charge is 1.96. The Morgan fingerprint density at radius 3 is 2.47 bits per heavy atom. The van der Waals surface area contributed by atoms with Gasteiger partial charge in [0.15, 0.2) is 5.49 Å². The van der Waals surface area contributed by atoms with Crippen molar-refractivity contribution in [3.8, 4) is 5.75 Å². The van der Waals surface area contributed by atoms with E-state index < -0.39 is 0 Å². The van der Waals surface area contributed by atoms with Gasteiger partial charge in [0.1, 0.15) is 5.75 Å². The van der Waals surface area contributed by atoms with E-state index in [9.17, 15) is 0 Å². The quantitative estimate of drug-likeness (QED) is 0.803. The number of rotatable bonds is 2. The highest BCUT2D eigenvalue weighted by molar-refractivity contribution is 6.30. The fourth-order valence-electron chi connectivity index (χ4n) is 1.48. The summed E-state index contributed by atoms with van der Waals surface area (Å²) in [6.07, 6.45) is 1.91. The largest absolute Gasteiger partial charge is 0.497 e. The fraction of sp³-hybridized carbons (Fsp3) is 0.154. The van der Waals surface area contributed by atoms with Crippen LogP contribution in [0.25, 0.3) is 0 Å². The molecule has 3 nitrogen and oxygen atoms in total. The molecule has 2 rings (SSSR count).